The molecule has 5 heteroatoms. The number of hydrogen-bond donors (Lipinski definition) is 0. The Balaban J connectivity index is 4.02. The van der Waals surface area contributed by atoms with E-state index >= 15 is 0 Å². The summed E-state index contributed by atoms with van der Waals surface area (Å²) in [5.41, 5.74) is 0. The molecule has 5 nitrogen and oxygen atoms in total. The first-order chi connectivity index (χ1) is 8.90. The summed E-state index contributed by atoms with van der Waals surface area (Å²) in [7, 11) is 1.51. The van der Waals surface area contributed by atoms with E-state index in [1.807, 2.05) is 0 Å². The highest BCUT2D eigenvalue weighted by atomic mass is 16.6. The van der Waals surface area contributed by atoms with Gasteiger partial charge < -0.3 is 9.47 Å². The van der Waals surface area contributed by atoms with Crippen LogP contribution >= 0.6 is 0 Å². The summed E-state index contributed by atoms with van der Waals surface area (Å²) in [4.78, 5) is 24.4. The molecule has 0 aliphatic carbocycles. The second-order valence-corrected chi connectivity index (χ2v) is 4.86. The molecule has 0 radical (unpaired) electrons. The predicted octanol–water partition coefficient (Wildman–Crippen LogP) is 2.61. The molecule has 0 fully saturated rings. The number of esters is 1. The molecule has 0 heterocycles. The van der Waals surface area contributed by atoms with Crippen LogP contribution in [0, 0.1) is 5.92 Å². The third-order valence-corrected chi connectivity index (χ3v) is 2.70. The lowest BCUT2D eigenvalue weighted by atomic mass is 10.1. The van der Waals surface area contributed by atoms with Crippen molar-refractivity contribution in [2.24, 2.45) is 5.92 Å². The highest BCUT2D eigenvalue weighted by Gasteiger charge is 2.24. The van der Waals surface area contributed by atoms with Crippen molar-refractivity contribution in [1.29, 1.82) is 0 Å². The van der Waals surface area contributed by atoms with Gasteiger partial charge in [-0.1, -0.05) is 26.5 Å². The van der Waals surface area contributed by atoms with Crippen molar-refractivity contribution in [2.45, 2.75) is 39.7 Å². The van der Waals surface area contributed by atoms with Gasteiger partial charge in [-0.25, -0.2) is 9.59 Å². The third-order valence-electron chi connectivity index (χ3n) is 2.70. The van der Waals surface area contributed by atoms with Gasteiger partial charge in [0.05, 0.1) is 6.61 Å². The zero-order valence-corrected chi connectivity index (χ0v) is 12.3. The SMILES string of the molecule is C=CCOC(=O)N(C)C(C)C(=O)OCCCC(C)C. The standard InChI is InChI=1S/C14H25NO4/c1-6-9-19-14(17)15(5)12(4)13(16)18-10-7-8-11(2)3/h6,11-12H,1,7-10H2,2-5H3. The Morgan fingerprint density at radius 3 is 2.42 bits per heavy atom. The molecule has 0 saturated carbocycles. The fraction of sp³-hybridized carbons (Fsp3) is 0.714. The summed E-state index contributed by atoms with van der Waals surface area (Å²) in [5.74, 6) is 0.175. The van der Waals surface area contributed by atoms with Gasteiger partial charge in [-0.2, -0.15) is 0 Å². The van der Waals surface area contributed by atoms with Gasteiger partial charge in [0.15, 0.2) is 0 Å². The Morgan fingerprint density at radius 1 is 1.26 bits per heavy atom. The maximum Gasteiger partial charge on any atom is 0.410 e. The smallest absolute Gasteiger partial charge is 0.410 e. The number of rotatable bonds is 8. The zero-order chi connectivity index (χ0) is 14.8. The van der Waals surface area contributed by atoms with Gasteiger partial charge >= 0.3 is 12.1 Å². The molecular weight excluding hydrogens is 246 g/mol. The van der Waals surface area contributed by atoms with Crippen molar-refractivity contribution in [1.82, 2.24) is 4.90 Å². The largest absolute Gasteiger partial charge is 0.464 e. The first kappa shape index (κ1) is 17.5. The highest BCUT2D eigenvalue weighted by Crippen LogP contribution is 2.06. The fourth-order valence-corrected chi connectivity index (χ4v) is 1.33. The summed E-state index contributed by atoms with van der Waals surface area (Å²) in [6.45, 7) is 9.81. The van der Waals surface area contributed by atoms with Crippen LogP contribution in [0.15, 0.2) is 12.7 Å². The molecule has 0 aromatic rings. The van der Waals surface area contributed by atoms with E-state index in [-0.39, 0.29) is 6.61 Å². The number of amides is 1. The van der Waals surface area contributed by atoms with Gasteiger partial charge in [0.25, 0.3) is 0 Å². The van der Waals surface area contributed by atoms with Crippen LogP contribution in [0.4, 0.5) is 4.79 Å². The van der Waals surface area contributed by atoms with Crippen molar-refractivity contribution < 1.29 is 19.1 Å². The van der Waals surface area contributed by atoms with Gasteiger partial charge in [-0.15, -0.1) is 0 Å². The summed E-state index contributed by atoms with van der Waals surface area (Å²) in [6, 6.07) is -0.656. The van der Waals surface area contributed by atoms with E-state index in [0.717, 1.165) is 12.8 Å². The van der Waals surface area contributed by atoms with Crippen LogP contribution in [-0.4, -0.2) is 43.3 Å². The van der Waals surface area contributed by atoms with Crippen LogP contribution in [0.25, 0.3) is 0 Å². The van der Waals surface area contributed by atoms with E-state index in [1.54, 1.807) is 6.92 Å². The minimum atomic E-state index is -0.656. The normalized spacial score (nSPS) is 11.8. The average Bonchev–Trinajstić information content (AvgIpc) is 2.38. The van der Waals surface area contributed by atoms with Gasteiger partial charge in [-0.05, 0) is 25.7 Å². The van der Waals surface area contributed by atoms with Crippen LogP contribution in [0.2, 0.25) is 0 Å². The number of carbonyl (C=O) groups excluding carboxylic acids is 2. The van der Waals surface area contributed by atoms with Gasteiger partial charge in [0.2, 0.25) is 0 Å². The molecule has 0 aromatic heterocycles. The number of nitrogens with zero attached hydrogens (tertiary/aromatic N) is 1. The van der Waals surface area contributed by atoms with Crippen molar-refractivity contribution in [2.75, 3.05) is 20.3 Å². The molecule has 0 spiro atoms. The molecule has 0 bridgehead atoms. The molecule has 19 heavy (non-hydrogen) atoms. The first-order valence-electron chi connectivity index (χ1n) is 6.57. The minimum Gasteiger partial charge on any atom is -0.464 e. The second kappa shape index (κ2) is 9.42. The predicted molar refractivity (Wildman–Crippen MR) is 73.8 cm³/mol. The highest BCUT2D eigenvalue weighted by molar-refractivity contribution is 5.80. The van der Waals surface area contributed by atoms with Crippen LogP contribution < -0.4 is 0 Å². The summed E-state index contributed by atoms with van der Waals surface area (Å²) < 4.78 is 9.96. The Hall–Kier alpha value is -1.52. The number of hydrogen-bond acceptors (Lipinski definition) is 4. The molecular formula is C14H25NO4. The third kappa shape index (κ3) is 7.49. The van der Waals surface area contributed by atoms with Crippen molar-refractivity contribution in [3.05, 3.63) is 12.7 Å². The van der Waals surface area contributed by atoms with E-state index in [2.05, 4.69) is 20.4 Å². The monoisotopic (exact) mass is 271 g/mol. The van der Waals surface area contributed by atoms with Gasteiger partial charge in [-0.3, -0.25) is 4.90 Å². The fourth-order valence-electron chi connectivity index (χ4n) is 1.33. The molecule has 1 atom stereocenters. The molecule has 0 saturated heterocycles. The van der Waals surface area contributed by atoms with Crippen LogP contribution in [-0.2, 0) is 14.3 Å². The molecule has 110 valence electrons. The Kier molecular flexibility index (Phi) is 8.66. The van der Waals surface area contributed by atoms with Gasteiger partial charge in [0, 0.05) is 7.05 Å². The lowest BCUT2D eigenvalue weighted by Crippen LogP contribution is -2.41. The van der Waals surface area contributed by atoms with Crippen molar-refractivity contribution in [3.63, 3.8) is 0 Å². The number of ether oxygens (including phenoxy) is 2. The first-order valence-corrected chi connectivity index (χ1v) is 6.57. The van der Waals surface area contributed by atoms with Gasteiger partial charge in [0.1, 0.15) is 12.6 Å². The molecule has 0 aliphatic rings. The number of carbonyl (C=O) groups is 2. The van der Waals surface area contributed by atoms with E-state index < -0.39 is 18.1 Å². The van der Waals surface area contributed by atoms with E-state index in [9.17, 15) is 9.59 Å². The quantitative estimate of drug-likeness (QED) is 0.387. The van der Waals surface area contributed by atoms with E-state index in [4.69, 9.17) is 9.47 Å². The maximum absolute atomic E-state index is 11.7. The molecule has 0 rings (SSSR count). The number of likely N-dealkylation sites (N-methyl/N-ethyl adjacent to an activating group) is 1. The molecule has 1 unspecified atom stereocenters. The summed E-state index contributed by atoms with van der Waals surface area (Å²) in [5, 5.41) is 0. The van der Waals surface area contributed by atoms with Crippen LogP contribution in [0.1, 0.15) is 33.6 Å². The minimum absolute atomic E-state index is 0.124. The van der Waals surface area contributed by atoms with E-state index in [0.29, 0.717) is 12.5 Å². The van der Waals surface area contributed by atoms with E-state index in [1.165, 1.54) is 18.0 Å². The maximum atomic E-state index is 11.7. The average molecular weight is 271 g/mol. The molecule has 1 amide bonds. The summed E-state index contributed by atoms with van der Waals surface area (Å²) in [6.07, 6.45) is 2.76. The Morgan fingerprint density at radius 2 is 1.89 bits per heavy atom. The Bertz CT molecular complexity index is 302. The van der Waals surface area contributed by atoms with Crippen molar-refractivity contribution in [3.8, 4) is 0 Å². The molecule has 0 N–H and O–H groups in total. The Labute approximate surface area is 115 Å². The molecule has 0 aliphatic heterocycles. The van der Waals surface area contributed by atoms with Crippen molar-refractivity contribution >= 4 is 12.1 Å². The second-order valence-electron chi connectivity index (χ2n) is 4.86. The lowest BCUT2D eigenvalue weighted by molar-refractivity contribution is -0.148. The van der Waals surface area contributed by atoms with Crippen LogP contribution in [0.3, 0.4) is 0 Å². The zero-order valence-electron chi connectivity index (χ0n) is 12.3. The topological polar surface area (TPSA) is 55.8 Å². The summed E-state index contributed by atoms with van der Waals surface area (Å²) >= 11 is 0. The lowest BCUT2D eigenvalue weighted by Gasteiger charge is -2.22. The molecule has 0 aromatic carbocycles. The van der Waals surface area contributed by atoms with Crippen LogP contribution in [0.5, 0.6) is 0 Å².